The van der Waals surface area contributed by atoms with Gasteiger partial charge in [0.1, 0.15) is 19.1 Å². The van der Waals surface area contributed by atoms with Crippen LogP contribution < -0.4 is 15.5 Å². The van der Waals surface area contributed by atoms with Gasteiger partial charge in [-0.05, 0) is 32.0 Å². The maximum absolute atomic E-state index is 5.63. The van der Waals surface area contributed by atoms with Crippen LogP contribution in [0.15, 0.2) is 30.3 Å². The Morgan fingerprint density at radius 2 is 1.80 bits per heavy atom. The summed E-state index contributed by atoms with van der Waals surface area (Å²) in [5.41, 5.74) is 1.37. The SMILES string of the molecule is C[C@@H](NC(=S)NC1CCCCC1)[C@@H](c1ccccc1)[NH+]1CCOCC1. The normalized spacial score (nSPS) is 22.1. The molecule has 2 fully saturated rings. The van der Waals surface area contributed by atoms with E-state index in [2.05, 4.69) is 47.9 Å². The molecule has 0 unspecified atom stereocenters. The highest BCUT2D eigenvalue weighted by atomic mass is 32.1. The van der Waals surface area contributed by atoms with Crippen LogP contribution in [0.5, 0.6) is 0 Å². The molecule has 0 radical (unpaired) electrons. The molecule has 2 aliphatic rings. The number of thiocarbonyl (C=S) groups is 1. The van der Waals surface area contributed by atoms with Crippen LogP contribution in [0, 0.1) is 0 Å². The standard InChI is InChI=1S/C20H31N3OS/c1-16(21-20(25)22-18-10-6-3-7-11-18)19(17-8-4-2-5-9-17)23-12-14-24-15-13-23/h2,4-5,8-9,16,18-19H,3,6-7,10-15H2,1H3,(H2,21,22,25)/p+1/t16-,19+/m1/s1. The molecule has 0 amide bonds. The van der Waals surface area contributed by atoms with E-state index in [4.69, 9.17) is 17.0 Å². The largest absolute Gasteiger partial charge is 0.370 e. The first-order valence-electron chi connectivity index (χ1n) is 9.78. The second kappa shape index (κ2) is 9.51. The summed E-state index contributed by atoms with van der Waals surface area (Å²) in [4.78, 5) is 1.58. The van der Waals surface area contributed by atoms with Crippen LogP contribution in [0.2, 0.25) is 0 Å². The molecule has 2 atom stereocenters. The number of morpholine rings is 1. The van der Waals surface area contributed by atoms with Gasteiger partial charge >= 0.3 is 0 Å². The van der Waals surface area contributed by atoms with Crippen LogP contribution in [0.4, 0.5) is 0 Å². The number of rotatable bonds is 5. The smallest absolute Gasteiger partial charge is 0.166 e. The number of quaternary nitrogens is 1. The van der Waals surface area contributed by atoms with Crippen molar-refractivity contribution in [3.05, 3.63) is 35.9 Å². The summed E-state index contributed by atoms with van der Waals surface area (Å²) >= 11 is 5.63. The predicted octanol–water partition coefficient (Wildman–Crippen LogP) is 1.83. The molecule has 1 saturated heterocycles. The molecule has 0 spiro atoms. The lowest BCUT2D eigenvalue weighted by Crippen LogP contribution is -3.15. The third kappa shape index (κ3) is 5.40. The maximum atomic E-state index is 5.63. The van der Waals surface area contributed by atoms with Gasteiger partial charge < -0.3 is 20.3 Å². The van der Waals surface area contributed by atoms with Crippen molar-refractivity contribution in [2.75, 3.05) is 26.3 Å². The number of ether oxygens (including phenoxy) is 1. The molecular weight excluding hydrogens is 330 g/mol. The Morgan fingerprint density at radius 1 is 1.12 bits per heavy atom. The third-order valence-electron chi connectivity index (χ3n) is 5.53. The zero-order valence-corrected chi connectivity index (χ0v) is 16.1. The molecule has 0 bridgehead atoms. The van der Waals surface area contributed by atoms with Gasteiger partial charge in [0.15, 0.2) is 5.11 Å². The van der Waals surface area contributed by atoms with Gasteiger partial charge in [0.25, 0.3) is 0 Å². The van der Waals surface area contributed by atoms with E-state index in [0.29, 0.717) is 12.1 Å². The van der Waals surface area contributed by atoms with Crippen molar-refractivity contribution in [2.45, 2.75) is 57.2 Å². The molecule has 5 heteroatoms. The van der Waals surface area contributed by atoms with Gasteiger partial charge in [-0.2, -0.15) is 0 Å². The molecule has 1 aromatic carbocycles. The van der Waals surface area contributed by atoms with Crippen LogP contribution in [0.1, 0.15) is 50.6 Å². The van der Waals surface area contributed by atoms with Crippen LogP contribution in [0.3, 0.4) is 0 Å². The average molecular weight is 363 g/mol. The lowest BCUT2D eigenvalue weighted by Gasteiger charge is -2.36. The minimum Gasteiger partial charge on any atom is -0.370 e. The zero-order valence-electron chi connectivity index (χ0n) is 15.3. The molecule has 1 saturated carbocycles. The molecule has 1 heterocycles. The lowest BCUT2D eigenvalue weighted by molar-refractivity contribution is -0.940. The first-order valence-corrected chi connectivity index (χ1v) is 10.2. The first-order chi connectivity index (χ1) is 12.2. The molecule has 1 aliphatic carbocycles. The Morgan fingerprint density at radius 3 is 2.48 bits per heavy atom. The fourth-order valence-corrected chi connectivity index (χ4v) is 4.60. The van der Waals surface area contributed by atoms with Crippen LogP contribution >= 0.6 is 12.2 Å². The van der Waals surface area contributed by atoms with E-state index < -0.39 is 0 Å². The van der Waals surface area contributed by atoms with Crippen LogP contribution in [-0.2, 0) is 4.74 Å². The number of hydrogen-bond acceptors (Lipinski definition) is 2. The number of nitrogens with one attached hydrogen (secondary N) is 3. The van der Waals surface area contributed by atoms with Gasteiger partial charge in [-0.1, -0.05) is 49.6 Å². The maximum Gasteiger partial charge on any atom is 0.166 e. The summed E-state index contributed by atoms with van der Waals surface area (Å²) in [7, 11) is 0. The van der Waals surface area contributed by atoms with E-state index in [1.165, 1.54) is 37.7 Å². The molecule has 25 heavy (non-hydrogen) atoms. The van der Waals surface area contributed by atoms with Gasteiger partial charge in [-0.25, -0.2) is 0 Å². The molecule has 3 N–H and O–H groups in total. The Labute approximate surface area is 157 Å². The van der Waals surface area contributed by atoms with E-state index >= 15 is 0 Å². The Hall–Kier alpha value is -1.17. The van der Waals surface area contributed by atoms with Crippen molar-refractivity contribution in [2.24, 2.45) is 0 Å². The summed E-state index contributed by atoms with van der Waals surface area (Å²) in [5, 5.41) is 7.94. The van der Waals surface area contributed by atoms with Gasteiger partial charge in [-0.15, -0.1) is 0 Å². The fraction of sp³-hybridized carbons (Fsp3) is 0.650. The van der Waals surface area contributed by atoms with E-state index in [9.17, 15) is 0 Å². The molecular formula is C20H32N3OS+. The zero-order chi connectivity index (χ0) is 17.5. The highest BCUT2D eigenvalue weighted by Gasteiger charge is 2.31. The Kier molecular flexibility index (Phi) is 7.08. The van der Waals surface area contributed by atoms with E-state index in [1.807, 2.05) is 0 Å². The third-order valence-corrected chi connectivity index (χ3v) is 5.77. The summed E-state index contributed by atoms with van der Waals surface area (Å²) < 4.78 is 5.57. The lowest BCUT2D eigenvalue weighted by atomic mass is 9.95. The quantitative estimate of drug-likeness (QED) is 0.699. The van der Waals surface area contributed by atoms with Crippen molar-refractivity contribution >= 4 is 17.3 Å². The molecule has 1 aliphatic heterocycles. The molecule has 4 nitrogen and oxygen atoms in total. The molecule has 3 rings (SSSR count). The summed E-state index contributed by atoms with van der Waals surface area (Å²) in [5.74, 6) is 0. The Balaban J connectivity index is 1.63. The highest BCUT2D eigenvalue weighted by Crippen LogP contribution is 2.18. The average Bonchev–Trinajstić information content (AvgIpc) is 2.64. The van der Waals surface area contributed by atoms with Gasteiger partial charge in [-0.3, -0.25) is 0 Å². The minimum absolute atomic E-state index is 0.277. The summed E-state index contributed by atoms with van der Waals surface area (Å²) in [6, 6.07) is 12.0. The number of hydrogen-bond donors (Lipinski definition) is 3. The second-order valence-electron chi connectivity index (χ2n) is 7.40. The topological polar surface area (TPSA) is 37.7 Å². The van der Waals surface area contributed by atoms with E-state index in [-0.39, 0.29) is 6.04 Å². The predicted molar refractivity (Wildman–Crippen MR) is 106 cm³/mol. The van der Waals surface area contributed by atoms with Crippen molar-refractivity contribution < 1.29 is 9.64 Å². The van der Waals surface area contributed by atoms with E-state index in [1.54, 1.807) is 4.90 Å². The van der Waals surface area contributed by atoms with Crippen molar-refractivity contribution in [3.8, 4) is 0 Å². The van der Waals surface area contributed by atoms with Crippen molar-refractivity contribution in [3.63, 3.8) is 0 Å². The Bertz CT molecular complexity index is 527. The molecule has 138 valence electrons. The second-order valence-corrected chi connectivity index (χ2v) is 7.81. The van der Waals surface area contributed by atoms with Crippen LogP contribution in [-0.4, -0.2) is 43.5 Å². The van der Waals surface area contributed by atoms with E-state index in [0.717, 1.165) is 31.4 Å². The number of benzene rings is 1. The monoisotopic (exact) mass is 362 g/mol. The van der Waals surface area contributed by atoms with Crippen molar-refractivity contribution in [1.29, 1.82) is 0 Å². The summed E-state index contributed by atoms with van der Waals surface area (Å²) in [6.07, 6.45) is 6.49. The van der Waals surface area contributed by atoms with Gasteiger partial charge in [0.05, 0.1) is 19.3 Å². The van der Waals surface area contributed by atoms with Crippen molar-refractivity contribution in [1.82, 2.24) is 10.6 Å². The first kappa shape index (κ1) is 18.6. The van der Waals surface area contributed by atoms with Crippen LogP contribution in [0.25, 0.3) is 0 Å². The molecule has 1 aromatic rings. The van der Waals surface area contributed by atoms with Gasteiger partial charge in [0, 0.05) is 11.6 Å². The van der Waals surface area contributed by atoms with Gasteiger partial charge in [0.2, 0.25) is 0 Å². The summed E-state index contributed by atoms with van der Waals surface area (Å²) in [6.45, 7) is 6.05. The minimum atomic E-state index is 0.277. The fourth-order valence-electron chi connectivity index (χ4n) is 4.25. The highest BCUT2D eigenvalue weighted by molar-refractivity contribution is 7.80. The molecule has 0 aromatic heterocycles.